The highest BCUT2D eigenvalue weighted by atomic mass is 16.5. The minimum atomic E-state index is 0.280. The molecule has 0 fully saturated rings. The van der Waals surface area contributed by atoms with Crippen LogP contribution in [-0.4, -0.2) is 29.8 Å². The molecule has 0 aliphatic heterocycles. The van der Waals surface area contributed by atoms with Gasteiger partial charge in [-0.3, -0.25) is 0 Å². The van der Waals surface area contributed by atoms with Crippen molar-refractivity contribution in [1.82, 2.24) is 14.9 Å². The summed E-state index contributed by atoms with van der Waals surface area (Å²) in [5, 5.41) is 3.36. The van der Waals surface area contributed by atoms with Gasteiger partial charge in [0.15, 0.2) is 0 Å². The maximum Gasteiger partial charge on any atom is 0.0948 e. The summed E-state index contributed by atoms with van der Waals surface area (Å²) in [5.41, 5.74) is 1.52. The van der Waals surface area contributed by atoms with E-state index in [0.29, 0.717) is 5.92 Å². The summed E-state index contributed by atoms with van der Waals surface area (Å²) in [6, 6.07) is 0. The number of hydrogen-bond acceptors (Lipinski definition) is 3. The second-order valence-electron chi connectivity index (χ2n) is 5.83. The number of nitrogens with one attached hydrogen (secondary N) is 1. The van der Waals surface area contributed by atoms with Crippen LogP contribution >= 0.6 is 0 Å². The Morgan fingerprint density at radius 2 is 2.17 bits per heavy atom. The van der Waals surface area contributed by atoms with Crippen LogP contribution < -0.4 is 5.32 Å². The van der Waals surface area contributed by atoms with Crippen molar-refractivity contribution >= 4 is 0 Å². The number of methoxy groups -OCH3 is 1. The van der Waals surface area contributed by atoms with Crippen molar-refractivity contribution in [3.8, 4) is 0 Å². The van der Waals surface area contributed by atoms with E-state index >= 15 is 0 Å². The second kappa shape index (κ2) is 6.90. The lowest BCUT2D eigenvalue weighted by molar-refractivity contribution is 0.197. The average Bonchev–Trinajstić information content (AvgIpc) is 2.71. The molecule has 4 nitrogen and oxygen atoms in total. The largest absolute Gasteiger partial charge is 0.383 e. The number of aromatic nitrogens is 2. The highest BCUT2D eigenvalue weighted by Crippen LogP contribution is 2.28. The third kappa shape index (κ3) is 4.42. The normalized spacial score (nSPS) is 12.3. The lowest BCUT2D eigenvalue weighted by Gasteiger charge is -2.30. The van der Waals surface area contributed by atoms with E-state index < -0.39 is 0 Å². The Labute approximate surface area is 111 Å². The fourth-order valence-electron chi connectivity index (χ4n) is 1.65. The zero-order valence-electron chi connectivity index (χ0n) is 12.4. The van der Waals surface area contributed by atoms with Crippen LogP contribution in [0.5, 0.6) is 0 Å². The smallest absolute Gasteiger partial charge is 0.0948 e. The van der Waals surface area contributed by atoms with Gasteiger partial charge in [-0.15, -0.1) is 0 Å². The summed E-state index contributed by atoms with van der Waals surface area (Å²) in [4.78, 5) is 4.26. The van der Waals surface area contributed by atoms with E-state index in [1.165, 1.54) is 5.69 Å². The van der Waals surface area contributed by atoms with Crippen LogP contribution in [0.2, 0.25) is 0 Å². The zero-order chi connectivity index (χ0) is 13.6. The minimum Gasteiger partial charge on any atom is -0.383 e. The van der Waals surface area contributed by atoms with Crippen LogP contribution in [0, 0.1) is 11.3 Å². The summed E-state index contributed by atoms with van der Waals surface area (Å²) < 4.78 is 7.27. The maximum absolute atomic E-state index is 5.02. The van der Waals surface area contributed by atoms with E-state index in [0.717, 1.165) is 26.2 Å². The van der Waals surface area contributed by atoms with Gasteiger partial charge in [-0.1, -0.05) is 27.7 Å². The molecule has 0 spiro atoms. The molecular formula is C14H27N3O. The van der Waals surface area contributed by atoms with E-state index in [4.69, 9.17) is 4.74 Å². The van der Waals surface area contributed by atoms with Gasteiger partial charge < -0.3 is 14.6 Å². The Bertz CT molecular complexity index is 345. The Balaban J connectivity index is 2.54. The van der Waals surface area contributed by atoms with Crippen molar-refractivity contribution in [1.29, 1.82) is 0 Å². The van der Waals surface area contributed by atoms with Gasteiger partial charge in [0.05, 0.1) is 18.6 Å². The van der Waals surface area contributed by atoms with Crippen molar-refractivity contribution in [2.75, 3.05) is 20.3 Å². The number of imidazole rings is 1. The molecule has 1 heterocycles. The highest BCUT2D eigenvalue weighted by molar-refractivity contribution is 4.99. The summed E-state index contributed by atoms with van der Waals surface area (Å²) >= 11 is 0. The maximum atomic E-state index is 5.02. The van der Waals surface area contributed by atoms with Crippen LogP contribution in [0.3, 0.4) is 0 Å². The van der Waals surface area contributed by atoms with Crippen LogP contribution in [0.25, 0.3) is 0 Å². The topological polar surface area (TPSA) is 39.1 Å². The zero-order valence-corrected chi connectivity index (χ0v) is 12.4. The number of rotatable bonds is 8. The molecule has 4 heteroatoms. The van der Waals surface area contributed by atoms with E-state index in [9.17, 15) is 0 Å². The first-order valence-corrected chi connectivity index (χ1v) is 6.66. The minimum absolute atomic E-state index is 0.280. The lowest BCUT2D eigenvalue weighted by Crippen LogP contribution is -2.27. The molecule has 0 atom stereocenters. The van der Waals surface area contributed by atoms with Crippen molar-refractivity contribution in [3.63, 3.8) is 0 Å². The molecule has 0 radical (unpaired) electrons. The molecule has 0 bridgehead atoms. The quantitative estimate of drug-likeness (QED) is 0.723. The van der Waals surface area contributed by atoms with E-state index in [1.807, 2.05) is 12.5 Å². The molecule has 1 aromatic rings. The van der Waals surface area contributed by atoms with Gasteiger partial charge in [-0.05, 0) is 11.3 Å². The van der Waals surface area contributed by atoms with Gasteiger partial charge in [-0.2, -0.15) is 0 Å². The molecule has 18 heavy (non-hydrogen) atoms. The monoisotopic (exact) mass is 253 g/mol. The molecule has 0 unspecified atom stereocenters. The second-order valence-corrected chi connectivity index (χ2v) is 5.83. The predicted molar refractivity (Wildman–Crippen MR) is 74.4 cm³/mol. The Kier molecular flexibility index (Phi) is 5.82. The third-order valence-corrected chi connectivity index (χ3v) is 3.73. The Hall–Kier alpha value is -0.870. The SMILES string of the molecule is COCCNCc1cncn1CC(C)(C)C(C)C. The van der Waals surface area contributed by atoms with Crippen molar-refractivity contribution in [2.45, 2.75) is 40.8 Å². The first kappa shape index (κ1) is 15.2. The van der Waals surface area contributed by atoms with Gasteiger partial charge in [0.1, 0.15) is 0 Å². The standard InChI is InChI=1S/C14H27N3O/c1-12(2)14(3,4)10-17-11-16-9-13(17)8-15-6-7-18-5/h9,11-12,15H,6-8,10H2,1-5H3. The first-order chi connectivity index (χ1) is 8.47. The molecule has 0 aliphatic rings. The fraction of sp³-hybridized carbons (Fsp3) is 0.786. The fourth-order valence-corrected chi connectivity index (χ4v) is 1.65. The third-order valence-electron chi connectivity index (χ3n) is 3.73. The number of nitrogens with zero attached hydrogens (tertiary/aromatic N) is 2. The molecule has 1 rings (SSSR count). The lowest BCUT2D eigenvalue weighted by atomic mass is 9.81. The van der Waals surface area contributed by atoms with Crippen molar-refractivity contribution in [2.24, 2.45) is 11.3 Å². The number of hydrogen-bond donors (Lipinski definition) is 1. The van der Waals surface area contributed by atoms with Crippen molar-refractivity contribution in [3.05, 3.63) is 18.2 Å². The predicted octanol–water partition coefficient (Wildman–Crippen LogP) is 2.30. The average molecular weight is 253 g/mol. The van der Waals surface area contributed by atoms with Gasteiger partial charge in [0.25, 0.3) is 0 Å². The van der Waals surface area contributed by atoms with Gasteiger partial charge in [0.2, 0.25) is 0 Å². The van der Waals surface area contributed by atoms with Gasteiger partial charge >= 0.3 is 0 Å². The van der Waals surface area contributed by atoms with E-state index in [2.05, 4.69) is 42.6 Å². The first-order valence-electron chi connectivity index (χ1n) is 6.66. The van der Waals surface area contributed by atoms with Gasteiger partial charge in [-0.25, -0.2) is 4.98 Å². The molecular weight excluding hydrogens is 226 g/mol. The summed E-state index contributed by atoms with van der Waals surface area (Å²) in [5.74, 6) is 0.647. The summed E-state index contributed by atoms with van der Waals surface area (Å²) in [7, 11) is 1.72. The van der Waals surface area contributed by atoms with Gasteiger partial charge in [0, 0.05) is 32.9 Å². The molecule has 0 aromatic carbocycles. The molecule has 104 valence electrons. The summed E-state index contributed by atoms with van der Waals surface area (Å²) in [6.07, 6.45) is 3.87. The van der Waals surface area contributed by atoms with Crippen LogP contribution in [0.4, 0.5) is 0 Å². The summed E-state index contributed by atoms with van der Waals surface area (Å²) in [6.45, 7) is 12.6. The molecule has 0 saturated carbocycles. The molecule has 1 N–H and O–H groups in total. The number of ether oxygens (including phenoxy) is 1. The molecule has 0 saturated heterocycles. The van der Waals surface area contributed by atoms with E-state index in [1.54, 1.807) is 7.11 Å². The molecule has 0 aliphatic carbocycles. The molecule has 0 amide bonds. The van der Waals surface area contributed by atoms with E-state index in [-0.39, 0.29) is 5.41 Å². The van der Waals surface area contributed by atoms with Crippen molar-refractivity contribution < 1.29 is 4.74 Å². The van der Waals surface area contributed by atoms with Crippen LogP contribution in [0.1, 0.15) is 33.4 Å². The molecule has 1 aromatic heterocycles. The highest BCUT2D eigenvalue weighted by Gasteiger charge is 2.23. The Morgan fingerprint density at radius 3 is 2.78 bits per heavy atom. The Morgan fingerprint density at radius 1 is 1.44 bits per heavy atom. The van der Waals surface area contributed by atoms with Crippen LogP contribution in [-0.2, 0) is 17.8 Å². The van der Waals surface area contributed by atoms with Crippen LogP contribution in [0.15, 0.2) is 12.5 Å².